The molecule has 21 heavy (non-hydrogen) atoms. The Kier molecular flexibility index (Phi) is 3.33. The number of aliphatic hydroxyl groups excluding tert-OH is 2. The first-order valence-corrected chi connectivity index (χ1v) is 6.76. The Morgan fingerprint density at radius 2 is 2.24 bits per heavy atom. The summed E-state index contributed by atoms with van der Waals surface area (Å²) in [7, 11) is 0. The van der Waals surface area contributed by atoms with Gasteiger partial charge in [-0.2, -0.15) is 0 Å². The van der Waals surface area contributed by atoms with Crippen LogP contribution in [0, 0.1) is 0 Å². The van der Waals surface area contributed by atoms with Gasteiger partial charge in [0.05, 0.1) is 12.0 Å². The summed E-state index contributed by atoms with van der Waals surface area (Å²) < 4.78 is 7.24. The molecule has 2 aromatic heterocycles. The van der Waals surface area contributed by atoms with Crippen molar-refractivity contribution in [1.29, 1.82) is 0 Å². The average molecular weight is 294 g/mol. The van der Waals surface area contributed by atoms with E-state index in [9.17, 15) is 15.3 Å². The highest BCUT2D eigenvalue weighted by molar-refractivity contribution is 5.86. The van der Waals surface area contributed by atoms with Crippen molar-refractivity contribution in [2.24, 2.45) is 0 Å². The first-order chi connectivity index (χ1) is 10.0. The summed E-state index contributed by atoms with van der Waals surface area (Å²) in [6.45, 7) is 1.37. The molecule has 8 nitrogen and oxygen atoms in total. The molecular formula is C13H18N4O4. The molecule has 1 fully saturated rings. The van der Waals surface area contributed by atoms with Crippen molar-refractivity contribution >= 4 is 16.9 Å². The maximum Gasteiger partial charge on any atom is 0.167 e. The first kappa shape index (κ1) is 14.2. The Balaban J connectivity index is 2.11. The van der Waals surface area contributed by atoms with E-state index in [1.165, 1.54) is 6.33 Å². The van der Waals surface area contributed by atoms with Crippen LogP contribution in [0.1, 0.15) is 19.6 Å². The predicted octanol–water partition coefficient (Wildman–Crippen LogP) is -0.595. The number of rotatable bonds is 3. The molecule has 8 heteroatoms. The number of aromatic nitrogens is 3. The maximum atomic E-state index is 10.7. The summed E-state index contributed by atoms with van der Waals surface area (Å²) in [6.07, 6.45) is 0.365. The number of anilines is 1. The van der Waals surface area contributed by atoms with Crippen molar-refractivity contribution in [3.8, 4) is 0 Å². The molecule has 0 radical (unpaired) electrons. The largest absolute Gasteiger partial charge is 0.394 e. The third-order valence-electron chi connectivity index (χ3n) is 4.13. The second-order valence-electron chi connectivity index (χ2n) is 5.22. The number of nitrogen functional groups attached to an aromatic ring is 1. The fourth-order valence-corrected chi connectivity index (χ4v) is 2.84. The number of nitrogens with zero attached hydrogens (tertiary/aromatic N) is 3. The molecule has 114 valence electrons. The van der Waals surface area contributed by atoms with E-state index in [4.69, 9.17) is 10.5 Å². The molecule has 0 aliphatic carbocycles. The summed E-state index contributed by atoms with van der Waals surface area (Å²) in [5.41, 5.74) is 4.78. The SMILES string of the molecule is CC[C@@]1(O)[C@H](O)[C@@H](CO)O[C@H]1n1ccc2c(N)ncnc21. The normalized spacial score (nSPS) is 32.9. The van der Waals surface area contributed by atoms with Gasteiger partial charge in [-0.25, -0.2) is 9.97 Å². The number of ether oxygens (including phenoxy) is 1. The van der Waals surface area contributed by atoms with Crippen molar-refractivity contribution in [2.75, 3.05) is 12.3 Å². The van der Waals surface area contributed by atoms with E-state index in [0.717, 1.165) is 0 Å². The van der Waals surface area contributed by atoms with Crippen LogP contribution in [0.4, 0.5) is 5.82 Å². The molecule has 0 saturated carbocycles. The van der Waals surface area contributed by atoms with E-state index in [1.807, 2.05) is 0 Å². The maximum absolute atomic E-state index is 10.7. The van der Waals surface area contributed by atoms with Gasteiger partial charge in [0, 0.05) is 6.20 Å². The van der Waals surface area contributed by atoms with Crippen LogP contribution in [0.2, 0.25) is 0 Å². The van der Waals surface area contributed by atoms with Crippen molar-refractivity contribution in [3.05, 3.63) is 18.6 Å². The quantitative estimate of drug-likeness (QED) is 0.595. The summed E-state index contributed by atoms with van der Waals surface area (Å²) in [6, 6.07) is 1.72. The third kappa shape index (κ3) is 1.91. The van der Waals surface area contributed by atoms with Gasteiger partial charge in [0.1, 0.15) is 35.6 Å². The highest BCUT2D eigenvalue weighted by Crippen LogP contribution is 2.42. The summed E-state index contributed by atoms with van der Waals surface area (Å²) in [4.78, 5) is 8.07. The monoisotopic (exact) mass is 294 g/mol. The molecule has 0 bridgehead atoms. The van der Waals surface area contributed by atoms with Crippen LogP contribution in [0.3, 0.4) is 0 Å². The fourth-order valence-electron chi connectivity index (χ4n) is 2.84. The lowest BCUT2D eigenvalue weighted by molar-refractivity contribution is -0.109. The van der Waals surface area contributed by atoms with Crippen molar-refractivity contribution in [3.63, 3.8) is 0 Å². The summed E-state index contributed by atoms with van der Waals surface area (Å²) in [5, 5.41) is 30.9. The van der Waals surface area contributed by atoms with Gasteiger partial charge in [-0.1, -0.05) is 6.92 Å². The first-order valence-electron chi connectivity index (χ1n) is 6.76. The zero-order chi connectivity index (χ0) is 15.2. The third-order valence-corrected chi connectivity index (χ3v) is 4.13. The Morgan fingerprint density at radius 3 is 2.90 bits per heavy atom. The fraction of sp³-hybridized carbons (Fsp3) is 0.538. The molecule has 1 saturated heterocycles. The minimum atomic E-state index is -1.51. The summed E-state index contributed by atoms with van der Waals surface area (Å²) >= 11 is 0. The molecule has 1 aliphatic heterocycles. The minimum Gasteiger partial charge on any atom is -0.394 e. The van der Waals surface area contributed by atoms with Crippen molar-refractivity contribution in [1.82, 2.24) is 14.5 Å². The number of nitrogens with two attached hydrogens (primary N) is 1. The van der Waals surface area contributed by atoms with E-state index in [0.29, 0.717) is 16.9 Å². The van der Waals surface area contributed by atoms with E-state index < -0.39 is 24.0 Å². The Morgan fingerprint density at radius 1 is 1.48 bits per heavy atom. The van der Waals surface area contributed by atoms with Gasteiger partial charge in [0.2, 0.25) is 0 Å². The van der Waals surface area contributed by atoms with Gasteiger partial charge in [0.15, 0.2) is 6.23 Å². The van der Waals surface area contributed by atoms with Gasteiger partial charge in [-0.15, -0.1) is 0 Å². The zero-order valence-corrected chi connectivity index (χ0v) is 11.5. The minimum absolute atomic E-state index is 0.259. The summed E-state index contributed by atoms with van der Waals surface area (Å²) in [5.74, 6) is 0.330. The van der Waals surface area contributed by atoms with Crippen LogP contribution in [0.15, 0.2) is 18.6 Å². The Bertz CT molecular complexity index is 661. The number of aliphatic hydroxyl groups is 3. The molecule has 3 heterocycles. The second kappa shape index (κ2) is 4.92. The predicted molar refractivity (Wildman–Crippen MR) is 74.2 cm³/mol. The van der Waals surface area contributed by atoms with Crippen LogP contribution < -0.4 is 5.73 Å². The van der Waals surface area contributed by atoms with Crippen LogP contribution in [-0.4, -0.2) is 54.3 Å². The van der Waals surface area contributed by atoms with Gasteiger partial charge >= 0.3 is 0 Å². The lowest BCUT2D eigenvalue weighted by atomic mass is 9.91. The van der Waals surface area contributed by atoms with Gasteiger partial charge in [0.25, 0.3) is 0 Å². The molecule has 1 aliphatic rings. The van der Waals surface area contributed by atoms with Crippen LogP contribution in [0.5, 0.6) is 0 Å². The molecule has 3 rings (SSSR count). The number of fused-ring (bicyclic) bond motifs is 1. The Hall–Kier alpha value is -1.74. The highest BCUT2D eigenvalue weighted by Gasteiger charge is 2.55. The molecule has 0 spiro atoms. The standard InChI is InChI=1S/C13H18N4O4/c1-2-13(20)9(19)8(5-18)21-12(13)17-4-3-7-10(14)15-6-16-11(7)17/h3-4,6,8-9,12,18-20H,2,5H2,1H3,(H2,14,15,16)/t8-,9-,12-,13-/m1/s1. The molecule has 4 atom stereocenters. The van der Waals surface area contributed by atoms with E-state index in [1.54, 1.807) is 23.8 Å². The smallest absolute Gasteiger partial charge is 0.167 e. The molecular weight excluding hydrogens is 276 g/mol. The molecule has 0 amide bonds. The van der Waals surface area contributed by atoms with Gasteiger partial charge in [-0.05, 0) is 12.5 Å². The zero-order valence-electron chi connectivity index (χ0n) is 11.5. The second-order valence-corrected chi connectivity index (χ2v) is 5.22. The van der Waals surface area contributed by atoms with Crippen LogP contribution in [-0.2, 0) is 4.74 Å². The average Bonchev–Trinajstić information content (AvgIpc) is 3.01. The lowest BCUT2D eigenvalue weighted by Gasteiger charge is -2.30. The Labute approximate surface area is 120 Å². The lowest BCUT2D eigenvalue weighted by Crippen LogP contribution is -2.46. The van der Waals surface area contributed by atoms with Crippen LogP contribution in [0.25, 0.3) is 11.0 Å². The molecule has 0 aromatic carbocycles. The van der Waals surface area contributed by atoms with Gasteiger partial charge in [-0.3, -0.25) is 0 Å². The number of hydrogen-bond acceptors (Lipinski definition) is 7. The van der Waals surface area contributed by atoms with Crippen LogP contribution >= 0.6 is 0 Å². The van der Waals surface area contributed by atoms with E-state index >= 15 is 0 Å². The van der Waals surface area contributed by atoms with Gasteiger partial charge < -0.3 is 30.4 Å². The van der Waals surface area contributed by atoms with E-state index in [-0.39, 0.29) is 13.0 Å². The van der Waals surface area contributed by atoms with Crippen molar-refractivity contribution in [2.45, 2.75) is 37.4 Å². The number of hydrogen-bond donors (Lipinski definition) is 4. The molecule has 2 aromatic rings. The van der Waals surface area contributed by atoms with Crippen molar-refractivity contribution < 1.29 is 20.1 Å². The van der Waals surface area contributed by atoms with E-state index in [2.05, 4.69) is 9.97 Å². The molecule has 0 unspecified atom stereocenters. The molecule has 5 N–H and O–H groups in total. The topological polar surface area (TPSA) is 127 Å². The highest BCUT2D eigenvalue weighted by atomic mass is 16.6.